The molecular weight excluding hydrogens is 423 g/mol. The third-order valence-corrected chi connectivity index (χ3v) is 6.92. The Kier molecular flexibility index (Phi) is 8.73. The van der Waals surface area contributed by atoms with E-state index in [0.717, 1.165) is 35.1 Å². The molecule has 3 rings (SSSR count). The second-order valence-corrected chi connectivity index (χ2v) is 9.66. The Hall–Kier alpha value is -1.20. The van der Waals surface area contributed by atoms with Crippen LogP contribution in [0.4, 0.5) is 0 Å². The number of hydrogen-bond acceptors (Lipinski definition) is 3. The van der Waals surface area contributed by atoms with Gasteiger partial charge in [-0.3, -0.25) is 9.69 Å². The summed E-state index contributed by atoms with van der Waals surface area (Å²) in [6, 6.07) is 13.7. The van der Waals surface area contributed by atoms with Crippen molar-refractivity contribution >= 4 is 40.9 Å². The fourth-order valence-electron chi connectivity index (χ4n) is 3.61. The summed E-state index contributed by atoms with van der Waals surface area (Å²) in [6.07, 6.45) is 2.62. The lowest BCUT2D eigenvalue weighted by atomic mass is 9.99. The molecule has 1 atom stereocenters. The molecule has 1 amide bonds. The maximum absolute atomic E-state index is 12.3. The molecule has 1 fully saturated rings. The van der Waals surface area contributed by atoms with Crippen molar-refractivity contribution in [2.75, 3.05) is 25.4 Å². The molecule has 1 saturated heterocycles. The molecule has 1 N–H and O–H groups in total. The van der Waals surface area contributed by atoms with E-state index in [0.29, 0.717) is 16.6 Å². The third-order valence-electron chi connectivity index (χ3n) is 5.15. The minimum atomic E-state index is -0.0155. The van der Waals surface area contributed by atoms with Crippen LogP contribution in [0.1, 0.15) is 41.3 Å². The van der Waals surface area contributed by atoms with Crippen molar-refractivity contribution < 1.29 is 4.79 Å². The summed E-state index contributed by atoms with van der Waals surface area (Å²) in [6.45, 7) is 6.27. The van der Waals surface area contributed by atoms with Crippen LogP contribution in [0, 0.1) is 5.92 Å². The zero-order valence-electron chi connectivity index (χ0n) is 16.8. The van der Waals surface area contributed by atoms with E-state index < -0.39 is 0 Å². The predicted molar refractivity (Wildman–Crippen MR) is 125 cm³/mol. The van der Waals surface area contributed by atoms with E-state index in [4.69, 9.17) is 23.2 Å². The molecule has 0 radical (unpaired) electrons. The monoisotopic (exact) mass is 450 g/mol. The first-order valence-corrected chi connectivity index (χ1v) is 12.0. The van der Waals surface area contributed by atoms with Crippen LogP contribution >= 0.6 is 35.0 Å². The van der Waals surface area contributed by atoms with Gasteiger partial charge in [-0.1, -0.05) is 48.3 Å². The summed E-state index contributed by atoms with van der Waals surface area (Å²) in [5.41, 5.74) is 3.12. The molecule has 1 aliphatic rings. The van der Waals surface area contributed by atoms with Crippen molar-refractivity contribution in [2.45, 2.75) is 32.1 Å². The second kappa shape index (κ2) is 11.3. The summed E-state index contributed by atoms with van der Waals surface area (Å²) in [7, 11) is 0. The Labute approximate surface area is 188 Å². The number of nitrogens with one attached hydrogen (secondary N) is 1. The summed E-state index contributed by atoms with van der Waals surface area (Å²) in [4.78, 5) is 14.8. The smallest absolute Gasteiger partial charge is 0.251 e. The average molecular weight is 451 g/mol. The van der Waals surface area contributed by atoms with Gasteiger partial charge in [0.1, 0.15) is 0 Å². The average Bonchev–Trinajstić information content (AvgIpc) is 2.71. The summed E-state index contributed by atoms with van der Waals surface area (Å²) in [5.74, 6) is 2.45. The lowest BCUT2D eigenvalue weighted by Gasteiger charge is -2.30. The number of carbonyl (C=O) groups excluding carboxylic acids is 1. The highest BCUT2D eigenvalue weighted by Gasteiger charge is 2.16. The maximum Gasteiger partial charge on any atom is 0.251 e. The molecular formula is C23H28Cl2N2OS. The van der Waals surface area contributed by atoms with Crippen molar-refractivity contribution in [3.63, 3.8) is 0 Å². The third kappa shape index (κ3) is 7.21. The van der Waals surface area contributed by atoms with Crippen LogP contribution in [0.15, 0.2) is 42.5 Å². The van der Waals surface area contributed by atoms with E-state index in [9.17, 15) is 4.79 Å². The lowest BCUT2D eigenvalue weighted by Crippen LogP contribution is -2.33. The number of halogens is 2. The topological polar surface area (TPSA) is 32.3 Å². The van der Waals surface area contributed by atoms with Crippen LogP contribution in [0.5, 0.6) is 0 Å². The number of piperidine rings is 1. The first kappa shape index (κ1) is 22.5. The molecule has 6 heteroatoms. The molecule has 156 valence electrons. The van der Waals surface area contributed by atoms with Gasteiger partial charge in [-0.05, 0) is 60.7 Å². The summed E-state index contributed by atoms with van der Waals surface area (Å²) in [5, 5.41) is 4.15. The Balaban J connectivity index is 1.37. The number of benzene rings is 2. The molecule has 29 heavy (non-hydrogen) atoms. The van der Waals surface area contributed by atoms with Gasteiger partial charge in [-0.2, -0.15) is 11.8 Å². The van der Waals surface area contributed by atoms with Gasteiger partial charge in [0, 0.05) is 36.7 Å². The van der Waals surface area contributed by atoms with Gasteiger partial charge in [0.2, 0.25) is 0 Å². The molecule has 2 aromatic rings. The van der Waals surface area contributed by atoms with Gasteiger partial charge < -0.3 is 5.32 Å². The predicted octanol–water partition coefficient (Wildman–Crippen LogP) is 5.89. The molecule has 0 saturated carbocycles. The first-order chi connectivity index (χ1) is 14.0. The zero-order chi connectivity index (χ0) is 20.6. The quantitative estimate of drug-likeness (QED) is 0.508. The highest BCUT2D eigenvalue weighted by molar-refractivity contribution is 7.98. The fraction of sp³-hybridized carbons (Fsp3) is 0.435. The SMILES string of the molecule is C[C@@H]1CCCN(Cc2ccc(C(=O)NCCSCc3ccc(Cl)c(Cl)c3)cc2)C1. The zero-order valence-corrected chi connectivity index (χ0v) is 19.1. The second-order valence-electron chi connectivity index (χ2n) is 7.74. The first-order valence-electron chi connectivity index (χ1n) is 10.1. The number of rotatable bonds is 8. The van der Waals surface area contributed by atoms with Crippen LogP contribution in [0.2, 0.25) is 10.0 Å². The minimum absolute atomic E-state index is 0.0155. The number of amides is 1. The molecule has 0 aromatic heterocycles. The summed E-state index contributed by atoms with van der Waals surface area (Å²) >= 11 is 13.7. The van der Waals surface area contributed by atoms with Gasteiger partial charge in [0.15, 0.2) is 0 Å². The molecule has 3 nitrogen and oxygen atoms in total. The number of thioether (sulfide) groups is 1. The normalized spacial score (nSPS) is 17.3. The highest BCUT2D eigenvalue weighted by Crippen LogP contribution is 2.24. The lowest BCUT2D eigenvalue weighted by molar-refractivity contribution is 0.0956. The number of nitrogens with zero attached hydrogens (tertiary/aromatic N) is 1. The molecule has 0 unspecified atom stereocenters. The van der Waals surface area contributed by atoms with Crippen LogP contribution < -0.4 is 5.32 Å². The van der Waals surface area contributed by atoms with Crippen molar-refractivity contribution in [3.8, 4) is 0 Å². The Morgan fingerprint density at radius 3 is 2.62 bits per heavy atom. The molecule has 0 bridgehead atoms. The van der Waals surface area contributed by atoms with Gasteiger partial charge in [-0.25, -0.2) is 0 Å². The largest absolute Gasteiger partial charge is 0.351 e. The molecule has 1 heterocycles. The molecule has 0 aliphatic carbocycles. The minimum Gasteiger partial charge on any atom is -0.351 e. The summed E-state index contributed by atoms with van der Waals surface area (Å²) < 4.78 is 0. The number of carbonyl (C=O) groups is 1. The van der Waals surface area contributed by atoms with E-state index in [1.165, 1.54) is 31.5 Å². The Morgan fingerprint density at radius 1 is 1.14 bits per heavy atom. The number of hydrogen-bond donors (Lipinski definition) is 1. The van der Waals surface area contributed by atoms with E-state index >= 15 is 0 Å². The fourth-order valence-corrected chi connectivity index (χ4v) is 4.73. The molecule has 2 aromatic carbocycles. The van der Waals surface area contributed by atoms with Gasteiger partial charge in [0.05, 0.1) is 10.0 Å². The highest BCUT2D eigenvalue weighted by atomic mass is 35.5. The van der Waals surface area contributed by atoms with Crippen molar-refractivity contribution in [1.29, 1.82) is 0 Å². The number of likely N-dealkylation sites (tertiary alicyclic amines) is 1. The van der Waals surface area contributed by atoms with Gasteiger partial charge in [0.25, 0.3) is 5.91 Å². The van der Waals surface area contributed by atoms with Crippen LogP contribution in [-0.4, -0.2) is 36.2 Å². The van der Waals surface area contributed by atoms with E-state index in [-0.39, 0.29) is 5.91 Å². The van der Waals surface area contributed by atoms with Crippen molar-refractivity contribution in [2.24, 2.45) is 5.92 Å². The standard InChI is InChI=1S/C23H28Cl2N2OS/c1-17-3-2-11-27(14-17)15-18-4-7-20(8-5-18)23(28)26-10-12-29-16-19-6-9-21(24)22(25)13-19/h4-9,13,17H,2-3,10-12,14-16H2,1H3,(H,26,28)/t17-/m1/s1. The van der Waals surface area contributed by atoms with Crippen LogP contribution in [0.3, 0.4) is 0 Å². The Morgan fingerprint density at radius 2 is 1.90 bits per heavy atom. The van der Waals surface area contributed by atoms with E-state index in [1.807, 2.05) is 30.3 Å². The molecule has 1 aliphatic heterocycles. The van der Waals surface area contributed by atoms with E-state index in [2.05, 4.69) is 29.3 Å². The van der Waals surface area contributed by atoms with Crippen molar-refractivity contribution in [1.82, 2.24) is 10.2 Å². The van der Waals surface area contributed by atoms with Crippen LogP contribution in [-0.2, 0) is 12.3 Å². The van der Waals surface area contributed by atoms with Crippen LogP contribution in [0.25, 0.3) is 0 Å². The molecule has 0 spiro atoms. The van der Waals surface area contributed by atoms with Gasteiger partial charge in [-0.15, -0.1) is 0 Å². The van der Waals surface area contributed by atoms with E-state index in [1.54, 1.807) is 11.8 Å². The van der Waals surface area contributed by atoms with Gasteiger partial charge >= 0.3 is 0 Å². The van der Waals surface area contributed by atoms with Crippen molar-refractivity contribution in [3.05, 3.63) is 69.2 Å². The maximum atomic E-state index is 12.3. The Bertz CT molecular complexity index is 813.